The molecule has 4 aromatic rings. The Morgan fingerprint density at radius 2 is 1.33 bits per heavy atom. The third kappa shape index (κ3) is 7.87. The largest absolute Gasteiger partial charge is 0.392 e. The van der Waals surface area contributed by atoms with E-state index in [1.165, 1.54) is 6.92 Å². The molecule has 0 aliphatic carbocycles. The van der Waals surface area contributed by atoms with Crippen LogP contribution in [0, 0.1) is 35.0 Å². The number of hydrogen-bond acceptors (Lipinski definition) is 6. The molecule has 1 heterocycles. The number of hydrogen-bond donors (Lipinski definition) is 3. The smallest absolute Gasteiger partial charge is 0.257 e. The van der Waals surface area contributed by atoms with Crippen molar-refractivity contribution < 1.29 is 46.1 Å². The molecule has 0 spiro atoms. The van der Waals surface area contributed by atoms with Gasteiger partial charge in [-0.1, -0.05) is 55.5 Å². The lowest BCUT2D eigenvalue weighted by Crippen LogP contribution is -2.38. The molecule has 1 fully saturated rings. The van der Waals surface area contributed by atoms with Crippen molar-refractivity contribution in [3.05, 3.63) is 130 Å². The predicted octanol–water partition coefficient (Wildman–Crippen LogP) is 7.35. The minimum Gasteiger partial charge on any atom is -0.392 e. The van der Waals surface area contributed by atoms with E-state index in [4.69, 9.17) is 9.47 Å². The predicted molar refractivity (Wildman–Crippen MR) is 168 cm³/mol. The first-order valence-electron chi connectivity index (χ1n) is 14.9. The zero-order valence-corrected chi connectivity index (χ0v) is 26.6. The highest BCUT2D eigenvalue weighted by atomic mass is 32.2. The molecule has 0 bridgehead atoms. The van der Waals surface area contributed by atoms with Gasteiger partial charge >= 0.3 is 0 Å². The van der Waals surface area contributed by atoms with E-state index in [1.807, 2.05) is 55.5 Å². The first-order chi connectivity index (χ1) is 23.0. The zero-order chi connectivity index (χ0) is 34.5. The summed E-state index contributed by atoms with van der Waals surface area (Å²) >= 11 is 1.59. The highest BCUT2D eigenvalue weighted by Crippen LogP contribution is 2.43. The topological polar surface area (TPSA) is 96.9 Å². The third-order valence-corrected chi connectivity index (χ3v) is 8.95. The van der Waals surface area contributed by atoms with Crippen LogP contribution in [0.4, 0.5) is 27.6 Å². The van der Waals surface area contributed by atoms with Crippen molar-refractivity contribution >= 4 is 29.3 Å². The van der Waals surface area contributed by atoms with Crippen molar-refractivity contribution in [2.45, 2.75) is 50.4 Å². The second-order valence-electron chi connectivity index (χ2n) is 11.2. The lowest BCUT2D eigenvalue weighted by molar-refractivity contribution is -0.268. The number of carbonyl (C=O) groups is 2. The van der Waals surface area contributed by atoms with Crippen LogP contribution in [-0.2, 0) is 27.4 Å². The molecule has 1 aliphatic heterocycles. The van der Waals surface area contributed by atoms with E-state index < -0.39 is 46.8 Å². The van der Waals surface area contributed by atoms with Crippen LogP contribution in [0.3, 0.4) is 0 Å². The summed E-state index contributed by atoms with van der Waals surface area (Å²) in [5.41, 5.74) is 1.90. The van der Waals surface area contributed by atoms with Crippen LogP contribution in [0.2, 0.25) is 0 Å². The second kappa shape index (κ2) is 15.3. The summed E-state index contributed by atoms with van der Waals surface area (Å²) in [6.07, 6.45) is -1.44. The van der Waals surface area contributed by atoms with E-state index in [9.17, 15) is 36.6 Å². The monoisotopic (exact) mass is 686 g/mol. The number of anilines is 1. The second-order valence-corrected chi connectivity index (χ2v) is 12.3. The highest BCUT2D eigenvalue weighted by Gasteiger charge is 2.38. The summed E-state index contributed by atoms with van der Waals surface area (Å²) in [7, 11) is 0. The van der Waals surface area contributed by atoms with Crippen molar-refractivity contribution in [2.75, 3.05) is 11.1 Å². The van der Waals surface area contributed by atoms with Crippen molar-refractivity contribution in [1.29, 1.82) is 0 Å². The molecule has 0 aromatic heterocycles. The van der Waals surface area contributed by atoms with Crippen LogP contribution < -0.4 is 10.6 Å². The average Bonchev–Trinajstić information content (AvgIpc) is 3.09. The van der Waals surface area contributed by atoms with E-state index in [2.05, 4.69) is 10.6 Å². The van der Waals surface area contributed by atoms with Crippen LogP contribution >= 0.6 is 11.8 Å². The fourth-order valence-corrected chi connectivity index (χ4v) is 6.26. The summed E-state index contributed by atoms with van der Waals surface area (Å²) in [4.78, 5) is 24.7. The van der Waals surface area contributed by atoms with Gasteiger partial charge in [-0.2, -0.15) is 0 Å². The van der Waals surface area contributed by atoms with Gasteiger partial charge in [0.1, 0.15) is 5.56 Å². The fourth-order valence-electron chi connectivity index (χ4n) is 5.19. The number of aliphatic hydroxyl groups is 1. The number of halogens is 5. The molecular weight excluding hydrogens is 655 g/mol. The van der Waals surface area contributed by atoms with E-state index in [0.29, 0.717) is 22.6 Å². The number of benzene rings is 4. The van der Waals surface area contributed by atoms with Gasteiger partial charge in [0.15, 0.2) is 29.6 Å². The quantitative estimate of drug-likeness (QED) is 0.0699. The molecule has 252 valence electrons. The minimum absolute atomic E-state index is 0.0798. The molecule has 0 radical (unpaired) electrons. The van der Waals surface area contributed by atoms with Crippen LogP contribution in [0.5, 0.6) is 0 Å². The van der Waals surface area contributed by atoms with Crippen LogP contribution in [0.1, 0.15) is 58.9 Å². The van der Waals surface area contributed by atoms with Gasteiger partial charge in [0.05, 0.1) is 18.8 Å². The molecule has 5 rings (SSSR count). The number of carbonyl (C=O) groups excluding carboxylic acids is 2. The Hall–Kier alpha value is -4.30. The van der Waals surface area contributed by atoms with Crippen molar-refractivity contribution in [3.63, 3.8) is 0 Å². The number of amides is 2. The van der Waals surface area contributed by atoms with Crippen molar-refractivity contribution in [2.24, 2.45) is 5.92 Å². The van der Waals surface area contributed by atoms with Gasteiger partial charge in [0.25, 0.3) is 5.91 Å². The number of thioether (sulfide) groups is 1. The molecule has 3 N–H and O–H groups in total. The Morgan fingerprint density at radius 1 is 0.771 bits per heavy atom. The Morgan fingerprint density at radius 3 is 1.92 bits per heavy atom. The van der Waals surface area contributed by atoms with Crippen LogP contribution in [0.15, 0.2) is 77.7 Å². The number of nitrogens with one attached hydrogen (secondary N) is 2. The van der Waals surface area contributed by atoms with Gasteiger partial charge in [-0.3, -0.25) is 9.59 Å². The SMILES string of the molecule is CC(=O)Nc1ccc(SCC2OC(c3ccc(CNC(=O)c4c(F)c(F)c(F)c(F)c4F)cc3)OC(c3ccc(CO)cc3)C2C)cc1. The molecule has 13 heteroatoms. The molecule has 7 nitrogen and oxygen atoms in total. The lowest BCUT2D eigenvalue weighted by atomic mass is 9.91. The molecule has 4 atom stereocenters. The molecular formula is C35H31F5N2O5S. The first kappa shape index (κ1) is 35.0. The summed E-state index contributed by atoms with van der Waals surface area (Å²) in [6.45, 7) is 3.11. The van der Waals surface area contributed by atoms with E-state index in [1.54, 1.807) is 36.0 Å². The Bertz CT molecular complexity index is 1750. The number of ether oxygens (including phenoxy) is 2. The number of aliphatic hydroxyl groups excluding tert-OH is 1. The molecule has 1 saturated heterocycles. The van der Waals surface area contributed by atoms with Crippen molar-refractivity contribution in [1.82, 2.24) is 5.32 Å². The molecule has 4 aromatic carbocycles. The summed E-state index contributed by atoms with van der Waals surface area (Å²) in [5.74, 6) is -12.3. The maximum Gasteiger partial charge on any atom is 0.257 e. The maximum absolute atomic E-state index is 14.1. The molecule has 2 amide bonds. The molecule has 0 saturated carbocycles. The summed E-state index contributed by atoms with van der Waals surface area (Å²) in [5, 5.41) is 14.4. The minimum atomic E-state index is -2.35. The fraction of sp³-hybridized carbons (Fsp3) is 0.257. The number of rotatable bonds is 10. The van der Waals surface area contributed by atoms with Gasteiger partial charge in [-0.25, -0.2) is 22.0 Å². The first-order valence-corrected chi connectivity index (χ1v) is 15.8. The Balaban J connectivity index is 1.30. The Labute approximate surface area is 277 Å². The van der Waals surface area contributed by atoms with Crippen LogP contribution in [0.25, 0.3) is 0 Å². The van der Waals surface area contributed by atoms with Gasteiger partial charge < -0.3 is 25.2 Å². The molecule has 48 heavy (non-hydrogen) atoms. The Kier molecular flexibility index (Phi) is 11.2. The summed E-state index contributed by atoms with van der Waals surface area (Å²) in [6, 6.07) is 21.5. The highest BCUT2D eigenvalue weighted by molar-refractivity contribution is 7.99. The van der Waals surface area contributed by atoms with E-state index in [0.717, 1.165) is 16.0 Å². The lowest BCUT2D eigenvalue weighted by Gasteiger charge is -2.41. The third-order valence-electron chi connectivity index (χ3n) is 7.85. The van der Waals surface area contributed by atoms with Crippen LogP contribution in [-0.4, -0.2) is 28.8 Å². The van der Waals surface area contributed by atoms with Crippen molar-refractivity contribution in [3.8, 4) is 0 Å². The molecule has 1 aliphatic rings. The van der Waals surface area contributed by atoms with Gasteiger partial charge in [-0.15, -0.1) is 11.8 Å². The standard InChI is InChI=1S/C35H31F5N2O5S/c1-18-26(17-48-25-13-11-24(12-14-25)42-19(2)44)46-35(47-33(18)22-7-5-21(16-43)6-8-22)23-9-3-20(4-10-23)15-41-34(45)27-28(36)30(38)32(40)31(39)29(27)37/h3-14,18,26,33,35,43H,15-17H2,1-2H3,(H,41,45)(H,42,44). The van der Waals surface area contributed by atoms with Gasteiger partial charge in [-0.05, 0) is 41.0 Å². The normalized spacial score (nSPS) is 19.2. The van der Waals surface area contributed by atoms with Gasteiger partial charge in [0.2, 0.25) is 11.7 Å². The van der Waals surface area contributed by atoms with Gasteiger partial charge in [0, 0.05) is 41.3 Å². The summed E-state index contributed by atoms with van der Waals surface area (Å²) < 4.78 is 81.5. The zero-order valence-electron chi connectivity index (χ0n) is 25.7. The van der Waals surface area contributed by atoms with E-state index >= 15 is 0 Å². The average molecular weight is 687 g/mol. The van der Waals surface area contributed by atoms with E-state index in [-0.39, 0.29) is 37.2 Å². The maximum atomic E-state index is 14.1. The molecule has 4 unspecified atom stereocenters.